The maximum Gasteiger partial charge on any atom is 0.255 e. The number of carbonyl (C=O) groups excluding carboxylic acids is 1. The van der Waals surface area contributed by atoms with Crippen molar-refractivity contribution in [2.75, 3.05) is 16.8 Å². The largest absolute Gasteiger partial charge is 0.473 e. The first-order chi connectivity index (χ1) is 10.7. The van der Waals surface area contributed by atoms with Gasteiger partial charge >= 0.3 is 0 Å². The Labute approximate surface area is 133 Å². The molecule has 1 aliphatic heterocycles. The Kier molecular flexibility index (Phi) is 4.58. The maximum absolute atomic E-state index is 12.3. The molecule has 5 nitrogen and oxygen atoms in total. The zero-order chi connectivity index (χ0) is 15.4. The van der Waals surface area contributed by atoms with Gasteiger partial charge in [0.25, 0.3) is 5.91 Å². The molecule has 1 aliphatic rings. The van der Waals surface area contributed by atoms with E-state index in [1.54, 1.807) is 30.7 Å². The van der Waals surface area contributed by atoms with Crippen LogP contribution in [0.4, 0.5) is 5.69 Å². The molecule has 2 aromatic heterocycles. The fourth-order valence-corrected chi connectivity index (χ4v) is 3.27. The number of rotatable bonds is 4. The van der Waals surface area contributed by atoms with Gasteiger partial charge in [0.2, 0.25) is 5.88 Å². The summed E-state index contributed by atoms with van der Waals surface area (Å²) in [5.74, 6) is 2.41. The number of pyridine rings is 2. The first-order valence-electron chi connectivity index (χ1n) is 7.15. The molecule has 0 saturated carbocycles. The van der Waals surface area contributed by atoms with E-state index in [0.717, 1.165) is 23.5 Å². The summed E-state index contributed by atoms with van der Waals surface area (Å²) in [5, 5.41) is 2.86. The Bertz CT molecular complexity index is 672. The van der Waals surface area contributed by atoms with E-state index in [1.165, 1.54) is 0 Å². The van der Waals surface area contributed by atoms with Crippen LogP contribution in [0.25, 0.3) is 0 Å². The number of aromatic nitrogens is 2. The summed E-state index contributed by atoms with van der Waals surface area (Å²) in [6, 6.07) is 5.22. The van der Waals surface area contributed by atoms with Gasteiger partial charge in [-0.2, -0.15) is 11.8 Å². The SMILES string of the molecule is Cc1ccncc1NC(=O)c1ccnc(OC2CCSC2)c1. The second kappa shape index (κ2) is 6.79. The van der Waals surface area contributed by atoms with Crippen LogP contribution in [-0.4, -0.2) is 33.5 Å². The number of amides is 1. The van der Waals surface area contributed by atoms with Gasteiger partial charge in [-0.15, -0.1) is 0 Å². The zero-order valence-corrected chi connectivity index (χ0v) is 13.1. The van der Waals surface area contributed by atoms with Crippen LogP contribution in [0.2, 0.25) is 0 Å². The van der Waals surface area contributed by atoms with Crippen LogP contribution in [-0.2, 0) is 0 Å². The third kappa shape index (κ3) is 3.57. The minimum absolute atomic E-state index is 0.191. The van der Waals surface area contributed by atoms with Gasteiger partial charge in [0, 0.05) is 29.8 Å². The molecule has 6 heteroatoms. The molecule has 0 spiro atoms. The normalized spacial score (nSPS) is 17.2. The Balaban J connectivity index is 1.71. The van der Waals surface area contributed by atoms with Crippen LogP contribution >= 0.6 is 11.8 Å². The van der Waals surface area contributed by atoms with Gasteiger partial charge in [0.05, 0.1) is 11.9 Å². The molecule has 2 aromatic rings. The monoisotopic (exact) mass is 315 g/mol. The van der Waals surface area contributed by atoms with E-state index in [4.69, 9.17) is 4.74 Å². The Morgan fingerprint density at radius 3 is 3.09 bits per heavy atom. The highest BCUT2D eigenvalue weighted by molar-refractivity contribution is 7.99. The number of nitrogens with one attached hydrogen (secondary N) is 1. The molecule has 1 atom stereocenters. The number of thioether (sulfide) groups is 1. The molecule has 1 fully saturated rings. The number of aryl methyl sites for hydroxylation is 1. The van der Waals surface area contributed by atoms with Crippen molar-refractivity contribution in [3.8, 4) is 5.88 Å². The van der Waals surface area contributed by atoms with Crippen molar-refractivity contribution in [3.63, 3.8) is 0 Å². The molecular formula is C16H17N3O2S. The number of anilines is 1. The van der Waals surface area contributed by atoms with E-state index in [0.29, 0.717) is 17.1 Å². The van der Waals surface area contributed by atoms with Crippen molar-refractivity contribution in [1.82, 2.24) is 9.97 Å². The number of carbonyl (C=O) groups is 1. The zero-order valence-electron chi connectivity index (χ0n) is 12.3. The van der Waals surface area contributed by atoms with Crippen molar-refractivity contribution in [3.05, 3.63) is 47.9 Å². The van der Waals surface area contributed by atoms with Gasteiger partial charge in [0.1, 0.15) is 6.10 Å². The highest BCUT2D eigenvalue weighted by atomic mass is 32.2. The van der Waals surface area contributed by atoms with E-state index in [1.807, 2.05) is 24.8 Å². The third-order valence-corrected chi connectivity index (χ3v) is 4.59. The van der Waals surface area contributed by atoms with Gasteiger partial charge in [-0.3, -0.25) is 9.78 Å². The van der Waals surface area contributed by atoms with Crippen LogP contribution in [0.15, 0.2) is 36.8 Å². The number of hydrogen-bond donors (Lipinski definition) is 1. The third-order valence-electron chi connectivity index (χ3n) is 3.46. The predicted molar refractivity (Wildman–Crippen MR) is 87.5 cm³/mol. The Morgan fingerprint density at radius 2 is 2.32 bits per heavy atom. The van der Waals surface area contributed by atoms with Crippen LogP contribution in [0.3, 0.4) is 0 Å². The summed E-state index contributed by atoms with van der Waals surface area (Å²) < 4.78 is 5.82. The summed E-state index contributed by atoms with van der Waals surface area (Å²) in [6.45, 7) is 1.93. The number of ether oxygens (including phenoxy) is 1. The second-order valence-electron chi connectivity index (χ2n) is 5.13. The number of hydrogen-bond acceptors (Lipinski definition) is 5. The minimum atomic E-state index is -0.191. The Morgan fingerprint density at radius 1 is 1.41 bits per heavy atom. The quantitative estimate of drug-likeness (QED) is 0.940. The summed E-state index contributed by atoms with van der Waals surface area (Å²) in [5.41, 5.74) is 2.20. The fourth-order valence-electron chi connectivity index (χ4n) is 2.18. The summed E-state index contributed by atoms with van der Waals surface area (Å²) in [4.78, 5) is 20.5. The molecule has 0 aromatic carbocycles. The fraction of sp³-hybridized carbons (Fsp3) is 0.312. The molecule has 1 unspecified atom stereocenters. The molecule has 3 rings (SSSR count). The lowest BCUT2D eigenvalue weighted by Crippen LogP contribution is -2.17. The Hall–Kier alpha value is -2.08. The summed E-state index contributed by atoms with van der Waals surface area (Å²) >= 11 is 1.88. The minimum Gasteiger partial charge on any atom is -0.473 e. The van der Waals surface area contributed by atoms with Crippen molar-refractivity contribution >= 4 is 23.4 Å². The molecule has 1 N–H and O–H groups in total. The summed E-state index contributed by atoms with van der Waals surface area (Å²) in [6.07, 6.45) is 6.15. The first-order valence-corrected chi connectivity index (χ1v) is 8.30. The van der Waals surface area contributed by atoms with E-state index >= 15 is 0 Å². The van der Waals surface area contributed by atoms with Crippen molar-refractivity contribution in [1.29, 1.82) is 0 Å². The van der Waals surface area contributed by atoms with Crippen LogP contribution < -0.4 is 10.1 Å². The highest BCUT2D eigenvalue weighted by Crippen LogP contribution is 2.22. The first kappa shape index (κ1) is 14.8. The molecule has 0 bridgehead atoms. The van der Waals surface area contributed by atoms with Gasteiger partial charge in [-0.1, -0.05) is 0 Å². The maximum atomic E-state index is 12.3. The van der Waals surface area contributed by atoms with Gasteiger partial charge in [-0.05, 0) is 36.8 Å². The van der Waals surface area contributed by atoms with E-state index < -0.39 is 0 Å². The van der Waals surface area contributed by atoms with Gasteiger partial charge in [-0.25, -0.2) is 4.98 Å². The number of nitrogens with zero attached hydrogens (tertiary/aromatic N) is 2. The van der Waals surface area contributed by atoms with Crippen LogP contribution in [0.1, 0.15) is 22.3 Å². The van der Waals surface area contributed by atoms with E-state index in [9.17, 15) is 4.79 Å². The predicted octanol–water partition coefficient (Wildman–Crippen LogP) is 2.92. The van der Waals surface area contributed by atoms with Crippen molar-refractivity contribution < 1.29 is 9.53 Å². The average Bonchev–Trinajstić information content (AvgIpc) is 3.03. The van der Waals surface area contributed by atoms with Crippen molar-refractivity contribution in [2.45, 2.75) is 19.4 Å². The molecule has 22 heavy (non-hydrogen) atoms. The molecule has 3 heterocycles. The summed E-state index contributed by atoms with van der Waals surface area (Å²) in [7, 11) is 0. The van der Waals surface area contributed by atoms with Crippen molar-refractivity contribution in [2.24, 2.45) is 0 Å². The second-order valence-corrected chi connectivity index (χ2v) is 6.28. The lowest BCUT2D eigenvalue weighted by atomic mass is 10.2. The molecule has 0 radical (unpaired) electrons. The van der Waals surface area contributed by atoms with Gasteiger partial charge in [0.15, 0.2) is 0 Å². The van der Waals surface area contributed by atoms with E-state index in [2.05, 4.69) is 15.3 Å². The lowest BCUT2D eigenvalue weighted by Gasteiger charge is -2.12. The standard InChI is InChI=1S/C16H17N3O2S/c1-11-2-5-17-9-14(11)19-16(20)12-3-6-18-15(8-12)21-13-4-7-22-10-13/h2-3,5-6,8-9,13H,4,7,10H2,1H3,(H,19,20). The molecule has 0 aliphatic carbocycles. The van der Waals surface area contributed by atoms with Gasteiger partial charge < -0.3 is 10.1 Å². The van der Waals surface area contributed by atoms with Crippen LogP contribution in [0, 0.1) is 6.92 Å². The molecular weight excluding hydrogens is 298 g/mol. The highest BCUT2D eigenvalue weighted by Gasteiger charge is 2.18. The van der Waals surface area contributed by atoms with E-state index in [-0.39, 0.29) is 12.0 Å². The lowest BCUT2D eigenvalue weighted by molar-refractivity contribution is 0.102. The molecule has 114 valence electrons. The molecule has 1 saturated heterocycles. The smallest absolute Gasteiger partial charge is 0.255 e. The topological polar surface area (TPSA) is 64.1 Å². The average molecular weight is 315 g/mol. The van der Waals surface area contributed by atoms with Crippen LogP contribution in [0.5, 0.6) is 5.88 Å². The molecule has 1 amide bonds.